The number of aryl methyl sites for hydroxylation is 1. The smallest absolute Gasteiger partial charge is 0.230 e. The van der Waals surface area contributed by atoms with Crippen molar-refractivity contribution < 1.29 is 9.32 Å². The van der Waals surface area contributed by atoms with Gasteiger partial charge < -0.3 is 14.7 Å². The molecular weight excluding hydrogens is 350 g/mol. The molecule has 1 saturated heterocycles. The molecule has 26 heavy (non-hydrogen) atoms. The first kappa shape index (κ1) is 18.8. The van der Waals surface area contributed by atoms with Gasteiger partial charge in [-0.2, -0.15) is 4.98 Å². The molecule has 0 aliphatic carbocycles. The van der Waals surface area contributed by atoms with E-state index in [-0.39, 0.29) is 5.91 Å². The van der Waals surface area contributed by atoms with Crippen LogP contribution in [0.4, 0.5) is 0 Å². The van der Waals surface area contributed by atoms with Crippen LogP contribution < -0.4 is 5.32 Å². The first-order valence-corrected chi connectivity index (χ1v) is 10.1. The third-order valence-electron chi connectivity index (χ3n) is 4.33. The average molecular weight is 375 g/mol. The number of rotatable bonds is 7. The zero-order valence-corrected chi connectivity index (χ0v) is 15.9. The van der Waals surface area contributed by atoms with Gasteiger partial charge >= 0.3 is 0 Å². The van der Waals surface area contributed by atoms with E-state index in [1.807, 2.05) is 12.1 Å². The molecule has 1 aliphatic rings. The van der Waals surface area contributed by atoms with E-state index in [1.54, 1.807) is 13.1 Å². The zero-order valence-electron chi connectivity index (χ0n) is 15.1. The second kappa shape index (κ2) is 9.68. The van der Waals surface area contributed by atoms with E-state index >= 15 is 0 Å². The highest BCUT2D eigenvalue weighted by Gasteiger charge is 2.14. The fourth-order valence-corrected chi connectivity index (χ4v) is 3.80. The van der Waals surface area contributed by atoms with Crippen molar-refractivity contribution in [2.24, 2.45) is 0 Å². The number of hydrogen-bond acceptors (Lipinski definition) is 7. The Balaban J connectivity index is 1.46. The van der Waals surface area contributed by atoms with Gasteiger partial charge in [-0.05, 0) is 38.1 Å². The maximum absolute atomic E-state index is 12.1. The maximum atomic E-state index is 12.1. The average Bonchev–Trinajstić information content (AvgIpc) is 2.91. The van der Waals surface area contributed by atoms with E-state index in [0.29, 0.717) is 24.0 Å². The molecule has 0 spiro atoms. The Morgan fingerprint density at radius 2 is 2.12 bits per heavy atom. The number of thioether (sulfide) groups is 1. The Labute approximate surface area is 157 Å². The molecule has 2 aromatic rings. The van der Waals surface area contributed by atoms with Gasteiger partial charge in [-0.3, -0.25) is 4.79 Å². The first-order valence-electron chi connectivity index (χ1n) is 9.10. The molecule has 1 fully saturated rings. The largest absolute Gasteiger partial charge is 0.354 e. The summed E-state index contributed by atoms with van der Waals surface area (Å²) in [5, 5.41) is 7.67. The van der Waals surface area contributed by atoms with Crippen molar-refractivity contribution in [3.05, 3.63) is 24.2 Å². The fraction of sp³-hybridized carbons (Fsp3) is 0.556. The molecule has 8 heteroatoms. The van der Waals surface area contributed by atoms with Crippen LogP contribution in [0.1, 0.15) is 31.6 Å². The molecule has 0 aromatic carbocycles. The van der Waals surface area contributed by atoms with Crippen LogP contribution in [-0.2, 0) is 4.79 Å². The van der Waals surface area contributed by atoms with Crippen molar-refractivity contribution in [3.8, 4) is 11.4 Å². The molecule has 7 nitrogen and oxygen atoms in total. The number of carbonyl (C=O) groups is 1. The Morgan fingerprint density at radius 1 is 1.31 bits per heavy atom. The summed E-state index contributed by atoms with van der Waals surface area (Å²) in [6.07, 6.45) is 6.89. The summed E-state index contributed by atoms with van der Waals surface area (Å²) in [4.78, 5) is 23.2. The summed E-state index contributed by atoms with van der Waals surface area (Å²) in [6, 6.07) is 3.71. The molecule has 140 valence electrons. The van der Waals surface area contributed by atoms with Gasteiger partial charge in [0.05, 0.1) is 11.3 Å². The van der Waals surface area contributed by atoms with Gasteiger partial charge in [-0.1, -0.05) is 29.8 Å². The van der Waals surface area contributed by atoms with E-state index in [4.69, 9.17) is 4.52 Å². The molecule has 2 aromatic heterocycles. The Kier molecular flexibility index (Phi) is 7.02. The molecule has 0 unspecified atom stereocenters. The molecule has 0 saturated carbocycles. The minimum atomic E-state index is 0.0192. The molecular formula is C18H25N5O2S. The highest BCUT2D eigenvalue weighted by Crippen LogP contribution is 2.27. The van der Waals surface area contributed by atoms with Gasteiger partial charge in [0.15, 0.2) is 0 Å². The highest BCUT2D eigenvalue weighted by molar-refractivity contribution is 8.00. The summed E-state index contributed by atoms with van der Waals surface area (Å²) < 4.78 is 5.04. The van der Waals surface area contributed by atoms with Crippen molar-refractivity contribution in [1.29, 1.82) is 0 Å². The third kappa shape index (κ3) is 5.54. The minimum Gasteiger partial charge on any atom is -0.354 e. The van der Waals surface area contributed by atoms with Gasteiger partial charge in [0.2, 0.25) is 17.6 Å². The molecule has 1 N–H and O–H groups in total. The van der Waals surface area contributed by atoms with E-state index in [0.717, 1.165) is 30.2 Å². The van der Waals surface area contributed by atoms with Crippen molar-refractivity contribution in [1.82, 2.24) is 25.3 Å². The van der Waals surface area contributed by atoms with Gasteiger partial charge in [0.1, 0.15) is 5.03 Å². The quantitative estimate of drug-likeness (QED) is 0.744. The SMILES string of the molecule is Cc1nc(-c2cccnc2SCC(=O)NCCN2CCCCCC2)no1. The van der Waals surface area contributed by atoms with Crippen molar-refractivity contribution in [2.45, 2.75) is 37.6 Å². The number of nitrogens with one attached hydrogen (secondary N) is 1. The second-order valence-corrected chi connectivity index (χ2v) is 7.35. The number of likely N-dealkylation sites (tertiary alicyclic amines) is 1. The first-order chi connectivity index (χ1) is 12.7. The number of amides is 1. The molecule has 0 atom stereocenters. The normalized spacial score (nSPS) is 15.6. The lowest BCUT2D eigenvalue weighted by atomic mass is 10.2. The van der Waals surface area contributed by atoms with Crippen LogP contribution >= 0.6 is 11.8 Å². The Morgan fingerprint density at radius 3 is 2.85 bits per heavy atom. The zero-order chi connectivity index (χ0) is 18.2. The van der Waals surface area contributed by atoms with Crippen LogP contribution in [0, 0.1) is 6.92 Å². The monoisotopic (exact) mass is 375 g/mol. The standard InChI is InChI=1S/C18H25N5O2S/c1-14-21-17(22-25-14)15-7-6-8-20-18(15)26-13-16(24)19-9-12-23-10-4-2-3-5-11-23/h6-8H,2-5,9-13H2,1H3,(H,19,24). The second-order valence-electron chi connectivity index (χ2n) is 6.39. The number of aromatic nitrogens is 3. The molecule has 1 aliphatic heterocycles. The van der Waals surface area contributed by atoms with E-state index in [9.17, 15) is 4.79 Å². The summed E-state index contributed by atoms with van der Waals surface area (Å²) in [6.45, 7) is 5.65. The third-order valence-corrected chi connectivity index (χ3v) is 5.33. The Hall–Kier alpha value is -1.93. The van der Waals surface area contributed by atoms with E-state index < -0.39 is 0 Å². The highest BCUT2D eigenvalue weighted by atomic mass is 32.2. The summed E-state index contributed by atoms with van der Waals surface area (Å²) in [5.74, 6) is 1.34. The predicted octanol–water partition coefficient (Wildman–Crippen LogP) is 2.52. The van der Waals surface area contributed by atoms with Crippen LogP contribution in [0.2, 0.25) is 0 Å². The lowest BCUT2D eigenvalue weighted by molar-refractivity contribution is -0.118. The van der Waals surface area contributed by atoms with Crippen LogP contribution in [0.25, 0.3) is 11.4 Å². The van der Waals surface area contributed by atoms with E-state index in [2.05, 4.69) is 25.3 Å². The molecule has 0 bridgehead atoms. The van der Waals surface area contributed by atoms with Gasteiger partial charge in [0.25, 0.3) is 0 Å². The lowest BCUT2D eigenvalue weighted by Gasteiger charge is -2.19. The maximum Gasteiger partial charge on any atom is 0.230 e. The number of nitrogens with zero attached hydrogens (tertiary/aromatic N) is 4. The summed E-state index contributed by atoms with van der Waals surface area (Å²) in [5.41, 5.74) is 0.784. The molecule has 3 heterocycles. The van der Waals surface area contributed by atoms with Crippen LogP contribution in [0.5, 0.6) is 0 Å². The summed E-state index contributed by atoms with van der Waals surface area (Å²) in [7, 11) is 0. The van der Waals surface area contributed by atoms with Gasteiger partial charge in [-0.25, -0.2) is 4.98 Å². The van der Waals surface area contributed by atoms with Crippen molar-refractivity contribution in [3.63, 3.8) is 0 Å². The van der Waals surface area contributed by atoms with Crippen LogP contribution in [0.3, 0.4) is 0 Å². The molecule has 3 rings (SSSR count). The lowest BCUT2D eigenvalue weighted by Crippen LogP contribution is -2.36. The van der Waals surface area contributed by atoms with E-state index in [1.165, 1.54) is 37.4 Å². The number of hydrogen-bond donors (Lipinski definition) is 1. The van der Waals surface area contributed by atoms with Crippen molar-refractivity contribution >= 4 is 17.7 Å². The van der Waals surface area contributed by atoms with Gasteiger partial charge in [-0.15, -0.1) is 0 Å². The molecule has 1 amide bonds. The predicted molar refractivity (Wildman–Crippen MR) is 101 cm³/mol. The topological polar surface area (TPSA) is 84.2 Å². The van der Waals surface area contributed by atoms with Gasteiger partial charge in [0, 0.05) is 26.2 Å². The van der Waals surface area contributed by atoms with Crippen LogP contribution in [-0.4, -0.2) is 57.9 Å². The molecule has 0 radical (unpaired) electrons. The van der Waals surface area contributed by atoms with Crippen molar-refractivity contribution in [2.75, 3.05) is 31.9 Å². The summed E-state index contributed by atoms with van der Waals surface area (Å²) >= 11 is 1.39. The fourth-order valence-electron chi connectivity index (χ4n) is 2.98. The minimum absolute atomic E-state index is 0.0192. The van der Waals surface area contributed by atoms with Crippen LogP contribution in [0.15, 0.2) is 27.9 Å². The number of pyridine rings is 1. The number of carbonyl (C=O) groups excluding carboxylic acids is 1. The Bertz CT molecular complexity index is 713.